The van der Waals surface area contributed by atoms with Gasteiger partial charge in [-0.25, -0.2) is 0 Å². The summed E-state index contributed by atoms with van der Waals surface area (Å²) < 4.78 is 4.66. The zero-order chi connectivity index (χ0) is 16.8. The van der Waals surface area contributed by atoms with Crippen LogP contribution >= 0.6 is 0 Å². The lowest BCUT2D eigenvalue weighted by atomic mass is 9.42. The number of methoxy groups -OCH3 is 1. The number of hydrogen-bond donors (Lipinski definition) is 1. The molecule has 4 saturated carbocycles. The lowest BCUT2D eigenvalue weighted by Gasteiger charge is -2.61. The number of benzene rings is 1. The van der Waals surface area contributed by atoms with Crippen molar-refractivity contribution in [1.82, 2.24) is 5.32 Å². The highest BCUT2D eigenvalue weighted by Gasteiger charge is 2.60. The number of nitrogens with one attached hydrogen (secondary N) is 1. The minimum Gasteiger partial charge on any atom is -0.468 e. The van der Waals surface area contributed by atoms with E-state index in [9.17, 15) is 9.59 Å². The van der Waals surface area contributed by atoms with E-state index < -0.39 is 0 Å². The molecule has 0 saturated heterocycles. The van der Waals surface area contributed by atoms with Crippen molar-refractivity contribution in [3.05, 3.63) is 35.9 Å². The molecule has 4 heteroatoms. The van der Waals surface area contributed by atoms with E-state index in [2.05, 4.69) is 40.4 Å². The van der Waals surface area contributed by atoms with Crippen molar-refractivity contribution in [2.75, 3.05) is 13.7 Å². The molecular formula is C20H25NO3. The number of carbonyl (C=O) groups excluding carboxylic acids is 2. The van der Waals surface area contributed by atoms with Crippen molar-refractivity contribution in [2.24, 2.45) is 17.3 Å². The molecule has 0 spiro atoms. The molecule has 4 fully saturated rings. The first-order valence-electron chi connectivity index (χ1n) is 8.96. The Morgan fingerprint density at radius 3 is 2.42 bits per heavy atom. The Balaban J connectivity index is 1.61. The lowest BCUT2D eigenvalue weighted by Crippen LogP contribution is -2.59. The third kappa shape index (κ3) is 2.43. The standard InChI is InChI=1S/C20H25NO3/c1-24-17(22)12-21-18(23)20-10-14-7-15(11-20)9-19(8-14,13-20)16-5-3-2-4-6-16/h2-6,14-15H,7-13H2,1H3,(H,21,23)/t14-,15+,19?,20?. The first kappa shape index (κ1) is 15.7. The normalized spacial score (nSPS) is 36.4. The fourth-order valence-corrected chi connectivity index (χ4v) is 6.07. The zero-order valence-electron chi connectivity index (χ0n) is 14.2. The topological polar surface area (TPSA) is 55.4 Å². The summed E-state index contributed by atoms with van der Waals surface area (Å²) in [6.45, 7) is -0.0231. The van der Waals surface area contributed by atoms with Crippen molar-refractivity contribution in [1.29, 1.82) is 0 Å². The highest BCUT2D eigenvalue weighted by atomic mass is 16.5. The fourth-order valence-electron chi connectivity index (χ4n) is 6.07. The van der Waals surface area contributed by atoms with Crippen LogP contribution in [0.25, 0.3) is 0 Å². The number of rotatable bonds is 4. The van der Waals surface area contributed by atoms with Gasteiger partial charge in [-0.05, 0) is 61.3 Å². The third-order valence-corrected chi connectivity index (χ3v) is 6.55. The average Bonchev–Trinajstić information content (AvgIpc) is 2.59. The van der Waals surface area contributed by atoms with Crippen molar-refractivity contribution in [2.45, 2.75) is 43.9 Å². The molecule has 4 aliphatic carbocycles. The minimum absolute atomic E-state index is 0.0231. The number of ether oxygens (including phenoxy) is 1. The van der Waals surface area contributed by atoms with E-state index in [-0.39, 0.29) is 29.3 Å². The van der Waals surface area contributed by atoms with Crippen molar-refractivity contribution >= 4 is 11.9 Å². The second-order valence-electron chi connectivity index (χ2n) is 8.15. The molecule has 0 heterocycles. The second-order valence-corrected chi connectivity index (χ2v) is 8.15. The summed E-state index contributed by atoms with van der Waals surface area (Å²) in [5.41, 5.74) is 1.24. The second kappa shape index (κ2) is 5.61. The van der Waals surface area contributed by atoms with Gasteiger partial charge in [-0.1, -0.05) is 30.3 Å². The number of esters is 1. The first-order chi connectivity index (χ1) is 11.6. The first-order valence-corrected chi connectivity index (χ1v) is 8.96. The Kier molecular flexibility index (Phi) is 3.66. The van der Waals surface area contributed by atoms with E-state index in [1.165, 1.54) is 31.9 Å². The Bertz CT molecular complexity index is 640. The molecule has 1 aromatic carbocycles. The van der Waals surface area contributed by atoms with Crippen molar-refractivity contribution in [3.8, 4) is 0 Å². The van der Waals surface area contributed by atoms with Gasteiger partial charge >= 0.3 is 5.97 Å². The molecule has 1 aromatic rings. The minimum atomic E-state index is -0.383. The maximum absolute atomic E-state index is 13.0. The van der Waals surface area contributed by atoms with E-state index >= 15 is 0 Å². The van der Waals surface area contributed by atoms with Crippen LogP contribution in [0.15, 0.2) is 30.3 Å². The monoisotopic (exact) mass is 327 g/mol. The molecule has 4 atom stereocenters. The summed E-state index contributed by atoms with van der Waals surface area (Å²) >= 11 is 0. The predicted molar refractivity (Wildman–Crippen MR) is 90.3 cm³/mol. The number of carbonyl (C=O) groups is 2. The van der Waals surface area contributed by atoms with Crippen LogP contribution in [0.2, 0.25) is 0 Å². The van der Waals surface area contributed by atoms with Crippen LogP contribution in [-0.4, -0.2) is 25.5 Å². The molecule has 0 aliphatic heterocycles. The van der Waals surface area contributed by atoms with Crippen LogP contribution in [-0.2, 0) is 19.7 Å². The number of hydrogen-bond acceptors (Lipinski definition) is 3. The number of amides is 1. The molecule has 2 unspecified atom stereocenters. The predicted octanol–water partition coefficient (Wildman–Crippen LogP) is 2.81. The van der Waals surface area contributed by atoms with Crippen LogP contribution in [0, 0.1) is 17.3 Å². The molecule has 4 bridgehead atoms. The van der Waals surface area contributed by atoms with Crippen LogP contribution in [0.1, 0.15) is 44.1 Å². The molecule has 0 radical (unpaired) electrons. The highest BCUT2D eigenvalue weighted by Crippen LogP contribution is 2.65. The van der Waals surface area contributed by atoms with Gasteiger partial charge in [-0.2, -0.15) is 0 Å². The Hall–Kier alpha value is -1.84. The molecule has 1 N–H and O–H groups in total. The zero-order valence-corrected chi connectivity index (χ0v) is 14.2. The van der Waals surface area contributed by atoms with Crippen LogP contribution in [0.4, 0.5) is 0 Å². The van der Waals surface area contributed by atoms with Crippen LogP contribution < -0.4 is 5.32 Å². The summed E-state index contributed by atoms with van der Waals surface area (Å²) in [5.74, 6) is 0.943. The van der Waals surface area contributed by atoms with Gasteiger partial charge in [0.2, 0.25) is 5.91 Å². The maximum Gasteiger partial charge on any atom is 0.325 e. The van der Waals surface area contributed by atoms with Crippen molar-refractivity contribution < 1.29 is 14.3 Å². The van der Waals surface area contributed by atoms with Gasteiger partial charge < -0.3 is 10.1 Å². The van der Waals surface area contributed by atoms with E-state index in [0.717, 1.165) is 19.3 Å². The van der Waals surface area contributed by atoms with Crippen LogP contribution in [0.3, 0.4) is 0 Å². The van der Waals surface area contributed by atoms with E-state index in [0.29, 0.717) is 11.8 Å². The summed E-state index contributed by atoms with van der Waals surface area (Å²) in [6.07, 6.45) is 6.56. The fraction of sp³-hybridized carbons (Fsp3) is 0.600. The largest absolute Gasteiger partial charge is 0.468 e. The molecule has 4 aliphatic rings. The summed E-state index contributed by atoms with van der Waals surface area (Å²) in [4.78, 5) is 24.4. The van der Waals surface area contributed by atoms with E-state index in [1.807, 2.05) is 0 Å². The Morgan fingerprint density at radius 2 is 1.79 bits per heavy atom. The molecule has 0 aromatic heterocycles. The molecule has 24 heavy (non-hydrogen) atoms. The van der Waals surface area contributed by atoms with Gasteiger partial charge in [0.15, 0.2) is 0 Å². The highest BCUT2D eigenvalue weighted by molar-refractivity contribution is 5.87. The molecule has 1 amide bonds. The lowest BCUT2D eigenvalue weighted by molar-refractivity contribution is -0.152. The summed E-state index contributed by atoms with van der Waals surface area (Å²) in [6, 6.07) is 10.7. The van der Waals surface area contributed by atoms with Crippen molar-refractivity contribution in [3.63, 3.8) is 0 Å². The molecule has 5 rings (SSSR count). The molecule has 128 valence electrons. The summed E-state index contributed by atoms with van der Waals surface area (Å²) in [5, 5.41) is 2.85. The van der Waals surface area contributed by atoms with E-state index in [4.69, 9.17) is 0 Å². The quantitative estimate of drug-likeness (QED) is 0.865. The van der Waals surface area contributed by atoms with Gasteiger partial charge in [-0.15, -0.1) is 0 Å². The maximum atomic E-state index is 13.0. The van der Waals surface area contributed by atoms with Gasteiger partial charge in [-0.3, -0.25) is 9.59 Å². The SMILES string of the molecule is COC(=O)CNC(=O)C12C[C@H]3C[C@@H](C1)CC(c1ccccc1)(C3)C2. The van der Waals surface area contributed by atoms with Crippen LogP contribution in [0.5, 0.6) is 0 Å². The van der Waals surface area contributed by atoms with E-state index in [1.54, 1.807) is 0 Å². The molecule has 4 nitrogen and oxygen atoms in total. The molecular weight excluding hydrogens is 302 g/mol. The average molecular weight is 327 g/mol. The van der Waals surface area contributed by atoms with Gasteiger partial charge in [0.25, 0.3) is 0 Å². The van der Waals surface area contributed by atoms with Gasteiger partial charge in [0, 0.05) is 0 Å². The Morgan fingerprint density at radius 1 is 1.12 bits per heavy atom. The van der Waals surface area contributed by atoms with Gasteiger partial charge in [0.05, 0.1) is 12.5 Å². The summed E-state index contributed by atoms with van der Waals surface area (Å²) in [7, 11) is 1.35. The smallest absolute Gasteiger partial charge is 0.325 e. The Labute approximate surface area is 143 Å². The van der Waals surface area contributed by atoms with Gasteiger partial charge in [0.1, 0.15) is 6.54 Å². The third-order valence-electron chi connectivity index (χ3n) is 6.55.